The lowest BCUT2D eigenvalue weighted by Crippen LogP contribution is -2.26. The largest absolute Gasteiger partial charge is 0.382 e. The molecule has 0 saturated heterocycles. The van der Waals surface area contributed by atoms with Gasteiger partial charge in [0.2, 0.25) is 0 Å². The highest BCUT2D eigenvalue weighted by molar-refractivity contribution is 9.10. The summed E-state index contributed by atoms with van der Waals surface area (Å²) in [6.07, 6.45) is 0.00235. The van der Waals surface area contributed by atoms with Crippen molar-refractivity contribution in [2.75, 3.05) is 32.7 Å². The summed E-state index contributed by atoms with van der Waals surface area (Å²) in [7, 11) is 3.29. The molecule has 0 aliphatic carbocycles. The summed E-state index contributed by atoms with van der Waals surface area (Å²) in [5.74, 6) is 0. The molecule has 0 aliphatic heterocycles. The molecule has 1 aromatic carbocycles. The highest BCUT2D eigenvalue weighted by Gasteiger charge is 2.07. The van der Waals surface area contributed by atoms with Crippen molar-refractivity contribution < 1.29 is 9.47 Å². The fourth-order valence-corrected chi connectivity index (χ4v) is 1.87. The average molecular weight is 299 g/mol. The van der Waals surface area contributed by atoms with Gasteiger partial charge in [0, 0.05) is 30.9 Å². The van der Waals surface area contributed by atoms with Crippen molar-refractivity contribution in [2.24, 2.45) is 0 Å². The number of anilines is 1. The van der Waals surface area contributed by atoms with E-state index in [0.29, 0.717) is 18.7 Å². The van der Waals surface area contributed by atoms with E-state index in [4.69, 9.17) is 14.7 Å². The molecule has 0 spiro atoms. The first-order valence-electron chi connectivity index (χ1n) is 5.16. The van der Waals surface area contributed by atoms with Crippen LogP contribution in [-0.4, -0.2) is 33.5 Å². The van der Waals surface area contributed by atoms with Gasteiger partial charge in [0.25, 0.3) is 0 Å². The Kier molecular flexibility index (Phi) is 5.98. The molecule has 0 aliphatic rings. The number of benzene rings is 1. The highest BCUT2D eigenvalue weighted by atomic mass is 79.9. The molecule has 17 heavy (non-hydrogen) atoms. The second-order valence-corrected chi connectivity index (χ2v) is 4.35. The van der Waals surface area contributed by atoms with Gasteiger partial charge in [-0.1, -0.05) is 0 Å². The Balaban J connectivity index is 2.60. The maximum absolute atomic E-state index is 8.75. The van der Waals surface area contributed by atoms with E-state index in [2.05, 4.69) is 27.3 Å². The molecule has 0 amide bonds. The van der Waals surface area contributed by atoms with E-state index in [1.165, 1.54) is 0 Å². The molecule has 1 unspecified atom stereocenters. The molecule has 0 saturated carbocycles. The lowest BCUT2D eigenvalue weighted by Gasteiger charge is -2.16. The average Bonchev–Trinajstić information content (AvgIpc) is 2.35. The van der Waals surface area contributed by atoms with Crippen LogP contribution in [0.25, 0.3) is 0 Å². The SMILES string of the molecule is COCC(CNc1ccc(C#N)cc1Br)OC. The molecule has 1 N–H and O–H groups in total. The maximum Gasteiger partial charge on any atom is 0.0992 e. The molecule has 0 bridgehead atoms. The molecule has 1 aromatic rings. The minimum absolute atomic E-state index is 0.00235. The van der Waals surface area contributed by atoms with Gasteiger partial charge < -0.3 is 14.8 Å². The minimum Gasteiger partial charge on any atom is -0.382 e. The second-order valence-electron chi connectivity index (χ2n) is 3.50. The van der Waals surface area contributed by atoms with Crippen molar-refractivity contribution in [3.05, 3.63) is 28.2 Å². The third kappa shape index (κ3) is 4.35. The van der Waals surface area contributed by atoms with Crippen molar-refractivity contribution in [1.29, 1.82) is 5.26 Å². The zero-order valence-corrected chi connectivity index (χ0v) is 11.5. The van der Waals surface area contributed by atoms with Crippen LogP contribution in [0.5, 0.6) is 0 Å². The van der Waals surface area contributed by atoms with Crippen LogP contribution >= 0.6 is 15.9 Å². The summed E-state index contributed by atoms with van der Waals surface area (Å²) in [5, 5.41) is 12.0. The van der Waals surface area contributed by atoms with E-state index in [1.807, 2.05) is 6.07 Å². The van der Waals surface area contributed by atoms with Gasteiger partial charge in [-0.3, -0.25) is 0 Å². The Labute approximate surface area is 110 Å². The molecule has 0 aromatic heterocycles. The fraction of sp³-hybridized carbons (Fsp3) is 0.417. The van der Waals surface area contributed by atoms with Gasteiger partial charge in [0.15, 0.2) is 0 Å². The molecular formula is C12H15BrN2O2. The Bertz CT molecular complexity index is 404. The first-order valence-corrected chi connectivity index (χ1v) is 5.95. The number of rotatable bonds is 6. The van der Waals surface area contributed by atoms with Crippen molar-refractivity contribution in [2.45, 2.75) is 6.10 Å². The molecule has 92 valence electrons. The first-order chi connectivity index (χ1) is 8.21. The lowest BCUT2D eigenvalue weighted by atomic mass is 10.2. The van der Waals surface area contributed by atoms with Crippen molar-refractivity contribution in [3.8, 4) is 6.07 Å². The topological polar surface area (TPSA) is 54.3 Å². The van der Waals surface area contributed by atoms with Gasteiger partial charge >= 0.3 is 0 Å². The standard InChI is InChI=1S/C12H15BrN2O2/c1-16-8-10(17-2)7-15-12-4-3-9(6-14)5-11(12)13/h3-5,10,15H,7-8H2,1-2H3. The number of methoxy groups -OCH3 is 2. The van der Waals surface area contributed by atoms with Gasteiger partial charge in [-0.2, -0.15) is 5.26 Å². The lowest BCUT2D eigenvalue weighted by molar-refractivity contribution is 0.0365. The summed E-state index contributed by atoms with van der Waals surface area (Å²) < 4.78 is 11.1. The number of nitriles is 1. The summed E-state index contributed by atoms with van der Waals surface area (Å²) >= 11 is 3.41. The molecule has 4 nitrogen and oxygen atoms in total. The fourth-order valence-electron chi connectivity index (χ4n) is 1.35. The normalized spacial score (nSPS) is 11.9. The van der Waals surface area contributed by atoms with E-state index in [0.717, 1.165) is 10.2 Å². The summed E-state index contributed by atoms with van der Waals surface area (Å²) in [4.78, 5) is 0. The summed E-state index contributed by atoms with van der Waals surface area (Å²) in [5.41, 5.74) is 1.56. The molecule has 0 radical (unpaired) electrons. The third-order valence-corrected chi connectivity index (χ3v) is 2.96. The van der Waals surface area contributed by atoms with E-state index < -0.39 is 0 Å². The number of nitrogens with one attached hydrogen (secondary N) is 1. The monoisotopic (exact) mass is 298 g/mol. The van der Waals surface area contributed by atoms with Gasteiger partial charge in [0.1, 0.15) is 0 Å². The molecule has 0 heterocycles. The number of halogens is 1. The van der Waals surface area contributed by atoms with Crippen molar-refractivity contribution in [1.82, 2.24) is 0 Å². The molecule has 5 heteroatoms. The molecule has 1 rings (SSSR count). The van der Waals surface area contributed by atoms with Crippen molar-refractivity contribution in [3.63, 3.8) is 0 Å². The summed E-state index contributed by atoms with van der Waals surface area (Å²) in [6, 6.07) is 7.50. The quantitative estimate of drug-likeness (QED) is 0.876. The van der Waals surface area contributed by atoms with E-state index in [1.54, 1.807) is 26.4 Å². The number of ether oxygens (including phenoxy) is 2. The van der Waals surface area contributed by atoms with Gasteiger partial charge in [-0.15, -0.1) is 0 Å². The van der Waals surface area contributed by atoms with E-state index >= 15 is 0 Å². The highest BCUT2D eigenvalue weighted by Crippen LogP contribution is 2.23. The predicted octanol–water partition coefficient (Wildman–Crippen LogP) is 2.39. The third-order valence-electron chi connectivity index (χ3n) is 2.30. The van der Waals surface area contributed by atoms with Gasteiger partial charge in [-0.25, -0.2) is 0 Å². The number of hydrogen-bond donors (Lipinski definition) is 1. The van der Waals surface area contributed by atoms with Crippen LogP contribution in [0.15, 0.2) is 22.7 Å². The Morgan fingerprint density at radius 3 is 2.76 bits per heavy atom. The summed E-state index contributed by atoms with van der Waals surface area (Å²) in [6.45, 7) is 1.19. The number of hydrogen-bond acceptors (Lipinski definition) is 4. The second kappa shape index (κ2) is 7.28. The Hall–Kier alpha value is -1.09. The predicted molar refractivity (Wildman–Crippen MR) is 70.0 cm³/mol. The zero-order chi connectivity index (χ0) is 12.7. The molecule has 1 atom stereocenters. The van der Waals surface area contributed by atoms with Crippen LogP contribution in [0.3, 0.4) is 0 Å². The van der Waals surface area contributed by atoms with Crippen LogP contribution in [0.1, 0.15) is 5.56 Å². The van der Waals surface area contributed by atoms with Crippen molar-refractivity contribution >= 4 is 21.6 Å². The van der Waals surface area contributed by atoms with Gasteiger partial charge in [0.05, 0.1) is 24.3 Å². The van der Waals surface area contributed by atoms with Crippen LogP contribution in [-0.2, 0) is 9.47 Å². The Morgan fingerprint density at radius 2 is 2.24 bits per heavy atom. The number of nitrogens with zero attached hydrogens (tertiary/aromatic N) is 1. The minimum atomic E-state index is 0.00235. The van der Waals surface area contributed by atoms with Crippen LogP contribution in [0.2, 0.25) is 0 Å². The smallest absolute Gasteiger partial charge is 0.0992 e. The zero-order valence-electron chi connectivity index (χ0n) is 9.87. The van der Waals surface area contributed by atoms with Crippen LogP contribution < -0.4 is 5.32 Å². The maximum atomic E-state index is 8.75. The van der Waals surface area contributed by atoms with Gasteiger partial charge in [-0.05, 0) is 34.1 Å². The van der Waals surface area contributed by atoms with Crippen LogP contribution in [0.4, 0.5) is 5.69 Å². The van der Waals surface area contributed by atoms with E-state index in [9.17, 15) is 0 Å². The van der Waals surface area contributed by atoms with Crippen LogP contribution in [0, 0.1) is 11.3 Å². The first kappa shape index (κ1) is 14.0. The van der Waals surface area contributed by atoms with E-state index in [-0.39, 0.29) is 6.10 Å². The Morgan fingerprint density at radius 1 is 1.47 bits per heavy atom. The molecule has 0 fully saturated rings. The molecular weight excluding hydrogens is 284 g/mol.